The van der Waals surface area contributed by atoms with Gasteiger partial charge in [-0.1, -0.05) is 12.1 Å². The van der Waals surface area contributed by atoms with Crippen LogP contribution in [-0.4, -0.2) is 30.5 Å². The summed E-state index contributed by atoms with van der Waals surface area (Å²) >= 11 is 0. The molecule has 0 bridgehead atoms. The van der Waals surface area contributed by atoms with Crippen molar-refractivity contribution >= 4 is 0 Å². The van der Waals surface area contributed by atoms with Crippen LogP contribution in [0.4, 0.5) is 4.39 Å². The van der Waals surface area contributed by atoms with E-state index in [4.69, 9.17) is 9.47 Å². The molecule has 0 amide bonds. The Hall–Kier alpha value is -0.970. The van der Waals surface area contributed by atoms with Crippen molar-refractivity contribution in [3.05, 3.63) is 35.6 Å². The van der Waals surface area contributed by atoms with Crippen molar-refractivity contribution in [2.75, 3.05) is 19.8 Å². The van der Waals surface area contributed by atoms with Crippen LogP contribution in [0.2, 0.25) is 0 Å². The van der Waals surface area contributed by atoms with Crippen LogP contribution in [0, 0.1) is 11.7 Å². The highest BCUT2D eigenvalue weighted by Gasteiger charge is 2.41. The van der Waals surface area contributed by atoms with E-state index < -0.39 is 6.10 Å². The maximum Gasteiger partial charge on any atom is 0.123 e. The second kappa shape index (κ2) is 5.80. The van der Waals surface area contributed by atoms with Crippen LogP contribution in [0.5, 0.6) is 0 Å². The highest BCUT2D eigenvalue weighted by molar-refractivity contribution is 5.19. The summed E-state index contributed by atoms with van der Waals surface area (Å²) in [6, 6.07) is 6.16. The quantitative estimate of drug-likeness (QED) is 0.905. The van der Waals surface area contributed by atoms with E-state index in [0.717, 1.165) is 44.5 Å². The Labute approximate surface area is 118 Å². The van der Waals surface area contributed by atoms with Gasteiger partial charge in [0.2, 0.25) is 0 Å². The van der Waals surface area contributed by atoms with E-state index in [2.05, 4.69) is 0 Å². The molecule has 0 aromatic heterocycles. The lowest BCUT2D eigenvalue weighted by Gasteiger charge is -2.44. The number of hydrogen-bond donors (Lipinski definition) is 1. The molecule has 2 unspecified atom stereocenters. The molecular weight excluding hydrogens is 259 g/mol. The molecule has 3 nitrogen and oxygen atoms in total. The Morgan fingerprint density at radius 1 is 1.15 bits per heavy atom. The summed E-state index contributed by atoms with van der Waals surface area (Å²) in [5.41, 5.74) is 0.669. The molecule has 3 rings (SSSR count). The number of hydrogen-bond acceptors (Lipinski definition) is 3. The molecule has 0 aliphatic carbocycles. The van der Waals surface area contributed by atoms with Gasteiger partial charge in [-0.2, -0.15) is 0 Å². The molecule has 2 aliphatic rings. The van der Waals surface area contributed by atoms with E-state index in [0.29, 0.717) is 6.61 Å². The summed E-state index contributed by atoms with van der Waals surface area (Å²) in [7, 11) is 0. The van der Waals surface area contributed by atoms with E-state index in [1.165, 1.54) is 12.1 Å². The third kappa shape index (κ3) is 2.87. The van der Waals surface area contributed by atoms with Gasteiger partial charge in [0, 0.05) is 19.8 Å². The number of aliphatic hydroxyl groups is 1. The van der Waals surface area contributed by atoms with Gasteiger partial charge in [-0.15, -0.1) is 0 Å². The predicted molar refractivity (Wildman–Crippen MR) is 72.8 cm³/mol. The van der Waals surface area contributed by atoms with E-state index >= 15 is 0 Å². The van der Waals surface area contributed by atoms with Crippen molar-refractivity contribution in [2.24, 2.45) is 5.92 Å². The van der Waals surface area contributed by atoms with E-state index in [1.807, 2.05) is 0 Å². The number of benzene rings is 1. The average Bonchev–Trinajstić information content (AvgIpc) is 2.48. The topological polar surface area (TPSA) is 38.7 Å². The Morgan fingerprint density at radius 2 is 1.85 bits per heavy atom. The van der Waals surface area contributed by atoms with Gasteiger partial charge >= 0.3 is 0 Å². The van der Waals surface area contributed by atoms with Crippen LogP contribution in [0.25, 0.3) is 0 Å². The molecule has 2 aliphatic heterocycles. The fraction of sp³-hybridized carbons (Fsp3) is 0.625. The molecule has 0 saturated carbocycles. The van der Waals surface area contributed by atoms with Gasteiger partial charge in [-0.3, -0.25) is 0 Å². The monoisotopic (exact) mass is 280 g/mol. The van der Waals surface area contributed by atoms with Crippen molar-refractivity contribution in [1.29, 1.82) is 0 Å². The SMILES string of the molecule is OC(c1ccc(F)cc1)C1CCOC2(CCOCC2)C1. The predicted octanol–water partition coefficient (Wildman–Crippen LogP) is 2.83. The average molecular weight is 280 g/mol. The molecule has 110 valence electrons. The summed E-state index contributed by atoms with van der Waals surface area (Å²) in [6.07, 6.45) is 2.97. The number of rotatable bonds is 2. The third-order valence-corrected chi connectivity index (χ3v) is 4.59. The molecule has 2 fully saturated rings. The first-order chi connectivity index (χ1) is 9.69. The summed E-state index contributed by atoms with van der Waals surface area (Å²) < 4.78 is 24.4. The van der Waals surface area contributed by atoms with E-state index in [9.17, 15) is 9.50 Å². The first-order valence-electron chi connectivity index (χ1n) is 7.34. The lowest BCUT2D eigenvalue weighted by atomic mass is 9.77. The zero-order valence-electron chi connectivity index (χ0n) is 11.6. The van der Waals surface area contributed by atoms with Crippen molar-refractivity contribution in [3.63, 3.8) is 0 Å². The van der Waals surface area contributed by atoms with E-state index in [1.54, 1.807) is 12.1 Å². The molecule has 20 heavy (non-hydrogen) atoms. The van der Waals surface area contributed by atoms with Crippen LogP contribution < -0.4 is 0 Å². The molecule has 1 aromatic rings. The van der Waals surface area contributed by atoms with Crippen molar-refractivity contribution < 1.29 is 19.0 Å². The van der Waals surface area contributed by atoms with Gasteiger partial charge in [0.05, 0.1) is 11.7 Å². The summed E-state index contributed by atoms with van der Waals surface area (Å²) in [5, 5.41) is 10.5. The molecule has 2 heterocycles. The second-order valence-electron chi connectivity index (χ2n) is 5.89. The summed E-state index contributed by atoms with van der Waals surface area (Å²) in [5.74, 6) is -0.0962. The van der Waals surface area contributed by atoms with Gasteiger partial charge in [-0.25, -0.2) is 4.39 Å². The first kappa shape index (κ1) is 14.0. The number of aliphatic hydroxyl groups excluding tert-OH is 1. The van der Waals surface area contributed by atoms with Crippen LogP contribution in [-0.2, 0) is 9.47 Å². The molecule has 1 aromatic carbocycles. The largest absolute Gasteiger partial charge is 0.388 e. The van der Waals surface area contributed by atoms with Crippen LogP contribution >= 0.6 is 0 Å². The van der Waals surface area contributed by atoms with Gasteiger partial charge < -0.3 is 14.6 Å². The normalized spacial score (nSPS) is 27.4. The minimum absolute atomic E-state index is 0.123. The maximum absolute atomic E-state index is 13.0. The summed E-state index contributed by atoms with van der Waals surface area (Å²) in [6.45, 7) is 2.15. The highest BCUT2D eigenvalue weighted by Crippen LogP contribution is 2.41. The standard InChI is InChI=1S/C16H21FO3/c17-14-3-1-12(2-4-14)15(18)13-5-8-20-16(11-13)6-9-19-10-7-16/h1-4,13,15,18H,5-11H2. The minimum Gasteiger partial charge on any atom is -0.388 e. The van der Waals surface area contributed by atoms with Gasteiger partial charge in [0.15, 0.2) is 0 Å². The first-order valence-corrected chi connectivity index (χ1v) is 7.34. The third-order valence-electron chi connectivity index (χ3n) is 4.59. The molecule has 1 spiro atoms. The van der Waals surface area contributed by atoms with Gasteiger partial charge in [-0.05, 0) is 49.3 Å². The Kier molecular flexibility index (Phi) is 4.06. The van der Waals surface area contributed by atoms with Crippen molar-refractivity contribution in [1.82, 2.24) is 0 Å². The maximum atomic E-state index is 13.0. The Balaban J connectivity index is 1.71. The zero-order chi connectivity index (χ0) is 14.0. The molecular formula is C16H21FO3. The zero-order valence-corrected chi connectivity index (χ0v) is 11.6. The number of ether oxygens (including phenoxy) is 2. The van der Waals surface area contributed by atoms with Gasteiger partial charge in [0.1, 0.15) is 5.82 Å². The Morgan fingerprint density at radius 3 is 2.55 bits per heavy atom. The van der Waals surface area contributed by atoms with Crippen molar-refractivity contribution in [2.45, 2.75) is 37.4 Å². The van der Waals surface area contributed by atoms with Crippen LogP contribution in [0.3, 0.4) is 0 Å². The van der Waals surface area contributed by atoms with Gasteiger partial charge in [0.25, 0.3) is 0 Å². The smallest absolute Gasteiger partial charge is 0.123 e. The fourth-order valence-electron chi connectivity index (χ4n) is 3.36. The highest BCUT2D eigenvalue weighted by atomic mass is 19.1. The molecule has 2 atom stereocenters. The number of halogens is 1. The second-order valence-corrected chi connectivity index (χ2v) is 5.89. The fourth-order valence-corrected chi connectivity index (χ4v) is 3.36. The Bertz CT molecular complexity index is 434. The van der Waals surface area contributed by atoms with Crippen LogP contribution in [0.1, 0.15) is 37.4 Å². The molecule has 0 radical (unpaired) electrons. The lowest BCUT2D eigenvalue weighted by Crippen LogP contribution is -2.45. The molecule has 1 N–H and O–H groups in total. The molecule has 2 saturated heterocycles. The van der Waals surface area contributed by atoms with Crippen molar-refractivity contribution in [3.8, 4) is 0 Å². The minimum atomic E-state index is -0.542. The molecule has 4 heteroatoms. The van der Waals surface area contributed by atoms with E-state index in [-0.39, 0.29) is 17.3 Å². The summed E-state index contributed by atoms with van der Waals surface area (Å²) in [4.78, 5) is 0. The lowest BCUT2D eigenvalue weighted by molar-refractivity contribution is -0.159. The van der Waals surface area contributed by atoms with Crippen LogP contribution in [0.15, 0.2) is 24.3 Å².